The molecule has 32 heavy (non-hydrogen) atoms. The van der Waals surface area contributed by atoms with Gasteiger partial charge in [-0.25, -0.2) is 0 Å². The molecule has 1 aromatic carbocycles. The lowest BCUT2D eigenvalue weighted by Gasteiger charge is -2.30. The zero-order chi connectivity index (χ0) is 24.1. The van der Waals surface area contributed by atoms with Crippen molar-refractivity contribution in [1.29, 1.82) is 0 Å². The fourth-order valence-electron chi connectivity index (χ4n) is 3.15. The summed E-state index contributed by atoms with van der Waals surface area (Å²) >= 11 is 0. The first kappa shape index (κ1) is 25.6. The zero-order valence-electron chi connectivity index (χ0n) is 18.2. The summed E-state index contributed by atoms with van der Waals surface area (Å²) in [5, 5.41) is 28.2. The van der Waals surface area contributed by atoms with Gasteiger partial charge in [-0.3, -0.25) is 14.3 Å². The molecule has 11 heteroatoms. The summed E-state index contributed by atoms with van der Waals surface area (Å²) in [6.07, 6.45) is -6.56. The number of hydrogen-bond donors (Lipinski definition) is 4. The van der Waals surface area contributed by atoms with Crippen LogP contribution in [0.2, 0.25) is 0 Å². The van der Waals surface area contributed by atoms with Crippen molar-refractivity contribution in [3.05, 3.63) is 30.0 Å². The molecule has 0 saturated carbocycles. The van der Waals surface area contributed by atoms with Crippen LogP contribution in [0.15, 0.2) is 24.3 Å². The topological polar surface area (TPSA) is 116 Å². The van der Waals surface area contributed by atoms with Crippen LogP contribution in [0.5, 0.6) is 0 Å². The Morgan fingerprint density at radius 1 is 1.19 bits per heavy atom. The van der Waals surface area contributed by atoms with Crippen LogP contribution < -0.4 is 10.6 Å². The SMILES string of the molecule is CC(C)(C)C(NC(=O)c1nn(CCCC(F)(F)F)c2ccccc12)C(=O)NCC(O)CO. The minimum absolute atomic E-state index is 0.00468. The third-order valence-corrected chi connectivity index (χ3v) is 4.83. The number of para-hydroxylation sites is 1. The highest BCUT2D eigenvalue weighted by Gasteiger charge is 2.34. The van der Waals surface area contributed by atoms with E-state index >= 15 is 0 Å². The van der Waals surface area contributed by atoms with E-state index in [1.807, 2.05) is 0 Å². The highest BCUT2D eigenvalue weighted by molar-refractivity contribution is 6.06. The quantitative estimate of drug-likeness (QED) is 0.459. The summed E-state index contributed by atoms with van der Waals surface area (Å²) in [6.45, 7) is 4.50. The van der Waals surface area contributed by atoms with Gasteiger partial charge in [-0.15, -0.1) is 0 Å². The van der Waals surface area contributed by atoms with Crippen LogP contribution in [0.4, 0.5) is 13.2 Å². The fraction of sp³-hybridized carbons (Fsp3) is 0.571. The lowest BCUT2D eigenvalue weighted by atomic mass is 9.86. The molecule has 0 radical (unpaired) electrons. The maximum absolute atomic E-state index is 13.0. The normalized spacial score (nSPS) is 14.2. The molecule has 0 spiro atoms. The van der Waals surface area contributed by atoms with Gasteiger partial charge in [-0.05, 0) is 17.9 Å². The molecule has 8 nitrogen and oxygen atoms in total. The van der Waals surface area contributed by atoms with Crippen LogP contribution in [0.1, 0.15) is 44.1 Å². The molecule has 0 aliphatic rings. The second-order valence-corrected chi connectivity index (χ2v) is 8.66. The van der Waals surface area contributed by atoms with Crippen molar-refractivity contribution in [3.63, 3.8) is 0 Å². The number of carbonyl (C=O) groups excluding carboxylic acids is 2. The monoisotopic (exact) mass is 458 g/mol. The summed E-state index contributed by atoms with van der Waals surface area (Å²) in [4.78, 5) is 25.7. The number of benzene rings is 1. The average molecular weight is 458 g/mol. The van der Waals surface area contributed by atoms with Gasteiger partial charge in [0.05, 0.1) is 18.2 Å². The predicted molar refractivity (Wildman–Crippen MR) is 112 cm³/mol. The van der Waals surface area contributed by atoms with E-state index in [9.17, 15) is 27.9 Å². The van der Waals surface area contributed by atoms with E-state index in [-0.39, 0.29) is 25.2 Å². The molecular formula is C21H29F3N4O4. The number of nitrogens with one attached hydrogen (secondary N) is 2. The molecule has 2 atom stereocenters. The van der Waals surface area contributed by atoms with Gasteiger partial charge in [-0.1, -0.05) is 39.0 Å². The number of aliphatic hydroxyl groups is 2. The van der Waals surface area contributed by atoms with Crippen molar-refractivity contribution >= 4 is 22.7 Å². The number of rotatable bonds is 9. The Morgan fingerprint density at radius 3 is 2.44 bits per heavy atom. The molecule has 1 heterocycles. The third-order valence-electron chi connectivity index (χ3n) is 4.83. The van der Waals surface area contributed by atoms with E-state index in [0.717, 1.165) is 0 Å². The number of carbonyl (C=O) groups is 2. The molecule has 0 fully saturated rings. The van der Waals surface area contributed by atoms with Gasteiger partial charge in [0.25, 0.3) is 5.91 Å². The molecule has 2 amide bonds. The average Bonchev–Trinajstić information content (AvgIpc) is 3.07. The van der Waals surface area contributed by atoms with Gasteiger partial charge in [0.2, 0.25) is 5.91 Å². The molecule has 0 aliphatic carbocycles. The first-order valence-corrected chi connectivity index (χ1v) is 10.2. The molecule has 4 N–H and O–H groups in total. The number of nitrogens with zero attached hydrogens (tertiary/aromatic N) is 2. The van der Waals surface area contributed by atoms with Gasteiger partial charge in [0.1, 0.15) is 6.04 Å². The van der Waals surface area contributed by atoms with Crippen LogP contribution >= 0.6 is 0 Å². The Morgan fingerprint density at radius 2 is 1.84 bits per heavy atom. The van der Waals surface area contributed by atoms with Gasteiger partial charge in [0, 0.05) is 24.9 Å². The zero-order valence-corrected chi connectivity index (χ0v) is 18.2. The minimum atomic E-state index is -4.28. The van der Waals surface area contributed by atoms with Gasteiger partial charge in [-0.2, -0.15) is 18.3 Å². The van der Waals surface area contributed by atoms with E-state index in [2.05, 4.69) is 15.7 Å². The Labute approximate surface area is 183 Å². The van der Waals surface area contributed by atoms with Crippen LogP contribution in [-0.4, -0.2) is 63.3 Å². The highest BCUT2D eigenvalue weighted by Crippen LogP contribution is 2.25. The second kappa shape index (κ2) is 10.3. The number of halogens is 3. The van der Waals surface area contributed by atoms with Crippen LogP contribution in [0.25, 0.3) is 10.9 Å². The number of aromatic nitrogens is 2. The number of amides is 2. The van der Waals surface area contributed by atoms with E-state index in [1.165, 1.54) is 4.68 Å². The van der Waals surface area contributed by atoms with Crippen molar-refractivity contribution in [1.82, 2.24) is 20.4 Å². The molecule has 0 bridgehead atoms. The van der Waals surface area contributed by atoms with Crippen molar-refractivity contribution < 1.29 is 33.0 Å². The summed E-state index contributed by atoms with van der Waals surface area (Å²) in [5.74, 6) is -1.19. The number of aliphatic hydroxyl groups excluding tert-OH is 2. The van der Waals surface area contributed by atoms with E-state index in [1.54, 1.807) is 45.0 Å². The maximum Gasteiger partial charge on any atom is 0.389 e. The molecule has 2 unspecified atom stereocenters. The molecule has 0 aliphatic heterocycles. The van der Waals surface area contributed by atoms with E-state index in [4.69, 9.17) is 5.11 Å². The molecule has 2 aromatic rings. The van der Waals surface area contributed by atoms with Crippen LogP contribution in [-0.2, 0) is 11.3 Å². The summed E-state index contributed by atoms with van der Waals surface area (Å²) in [7, 11) is 0. The lowest BCUT2D eigenvalue weighted by Crippen LogP contribution is -2.54. The predicted octanol–water partition coefficient (Wildman–Crippen LogP) is 1.99. The minimum Gasteiger partial charge on any atom is -0.394 e. The Hall–Kier alpha value is -2.66. The number of fused-ring (bicyclic) bond motifs is 1. The second-order valence-electron chi connectivity index (χ2n) is 8.66. The van der Waals surface area contributed by atoms with E-state index in [0.29, 0.717) is 10.9 Å². The molecule has 1 aromatic heterocycles. The largest absolute Gasteiger partial charge is 0.394 e. The number of hydrogen-bond acceptors (Lipinski definition) is 5. The molecule has 0 saturated heterocycles. The van der Waals surface area contributed by atoms with Crippen molar-refractivity contribution in [2.75, 3.05) is 13.2 Å². The number of aryl methyl sites for hydroxylation is 1. The fourth-order valence-corrected chi connectivity index (χ4v) is 3.15. The summed E-state index contributed by atoms with van der Waals surface area (Å²) < 4.78 is 38.9. The molecular weight excluding hydrogens is 429 g/mol. The summed E-state index contributed by atoms with van der Waals surface area (Å²) in [5.41, 5.74) is -0.178. The Kier molecular flexibility index (Phi) is 8.24. The van der Waals surface area contributed by atoms with Crippen molar-refractivity contribution in [2.45, 2.75) is 58.5 Å². The molecule has 2 rings (SSSR count). The maximum atomic E-state index is 13.0. The number of alkyl halides is 3. The van der Waals surface area contributed by atoms with E-state index < -0.39 is 48.6 Å². The summed E-state index contributed by atoms with van der Waals surface area (Å²) in [6, 6.07) is 5.70. The van der Waals surface area contributed by atoms with Crippen molar-refractivity contribution in [3.8, 4) is 0 Å². The standard InChI is InChI=1S/C21H29F3N4O4/c1-20(2,3)17(19(32)25-11-13(30)12-29)26-18(31)16-14-7-4-5-8-15(14)28(27-16)10-6-9-21(22,23)24/h4-5,7-8,13,17,29-30H,6,9-12H2,1-3H3,(H,25,32)(H,26,31). The van der Waals surface area contributed by atoms with Gasteiger partial charge in [0.15, 0.2) is 5.69 Å². The smallest absolute Gasteiger partial charge is 0.389 e. The van der Waals surface area contributed by atoms with Crippen LogP contribution in [0.3, 0.4) is 0 Å². The lowest BCUT2D eigenvalue weighted by molar-refractivity contribution is -0.136. The first-order valence-electron chi connectivity index (χ1n) is 10.2. The Bertz CT molecular complexity index is 937. The Balaban J connectivity index is 2.24. The third kappa shape index (κ3) is 6.92. The van der Waals surface area contributed by atoms with Gasteiger partial charge >= 0.3 is 6.18 Å². The first-order chi connectivity index (χ1) is 14.8. The van der Waals surface area contributed by atoms with Gasteiger partial charge < -0.3 is 20.8 Å². The highest BCUT2D eigenvalue weighted by atomic mass is 19.4. The van der Waals surface area contributed by atoms with Crippen molar-refractivity contribution in [2.24, 2.45) is 5.41 Å². The van der Waals surface area contributed by atoms with Crippen LogP contribution in [0, 0.1) is 5.41 Å². The molecule has 178 valence electrons.